The van der Waals surface area contributed by atoms with E-state index in [4.69, 9.17) is 9.47 Å². The Morgan fingerprint density at radius 1 is 1.22 bits per heavy atom. The van der Waals surface area contributed by atoms with Gasteiger partial charge in [-0.3, -0.25) is 4.79 Å². The molecule has 0 bridgehead atoms. The summed E-state index contributed by atoms with van der Waals surface area (Å²) in [5.74, 6) is 1.29. The Bertz CT molecular complexity index is 385. The summed E-state index contributed by atoms with van der Waals surface area (Å²) >= 11 is 0. The van der Waals surface area contributed by atoms with Crippen molar-refractivity contribution in [3.05, 3.63) is 36.4 Å². The monoisotopic (exact) mass is 248 g/mol. The fourth-order valence-corrected chi connectivity index (χ4v) is 1.63. The molecular weight excluding hydrogens is 228 g/mol. The van der Waals surface area contributed by atoms with Crippen LogP contribution in [0, 0.1) is 0 Å². The molecule has 0 aliphatic rings. The largest absolute Gasteiger partial charge is 0.493 e. The van der Waals surface area contributed by atoms with E-state index in [1.807, 2.05) is 6.08 Å². The molecule has 0 radical (unpaired) electrons. The first-order valence-corrected chi connectivity index (χ1v) is 6.18. The number of hydrogen-bond donors (Lipinski definition) is 0. The molecule has 0 aromatic heterocycles. The van der Waals surface area contributed by atoms with Crippen LogP contribution in [0.3, 0.4) is 0 Å². The minimum Gasteiger partial charge on any atom is -0.493 e. The van der Waals surface area contributed by atoms with E-state index < -0.39 is 0 Å². The van der Waals surface area contributed by atoms with E-state index >= 15 is 0 Å². The molecule has 0 heterocycles. The summed E-state index contributed by atoms with van der Waals surface area (Å²) < 4.78 is 10.8. The van der Waals surface area contributed by atoms with Gasteiger partial charge in [-0.15, -0.1) is 6.58 Å². The lowest BCUT2D eigenvalue weighted by atomic mass is 10.2. The van der Waals surface area contributed by atoms with Gasteiger partial charge in [0.05, 0.1) is 13.7 Å². The van der Waals surface area contributed by atoms with Crippen molar-refractivity contribution in [2.75, 3.05) is 13.7 Å². The molecule has 1 rings (SSSR count). The highest BCUT2D eigenvalue weighted by Gasteiger charge is 2.05. The van der Waals surface area contributed by atoms with Crippen LogP contribution in [0.25, 0.3) is 0 Å². The molecule has 98 valence electrons. The molecule has 1 aromatic rings. The van der Waals surface area contributed by atoms with Crippen LogP contribution >= 0.6 is 0 Å². The van der Waals surface area contributed by atoms with Crippen molar-refractivity contribution >= 4 is 6.29 Å². The first kappa shape index (κ1) is 14.3. The number of aldehydes is 1. The molecule has 0 unspecified atom stereocenters. The van der Waals surface area contributed by atoms with Crippen molar-refractivity contribution < 1.29 is 14.3 Å². The number of benzene rings is 1. The van der Waals surface area contributed by atoms with Gasteiger partial charge in [-0.25, -0.2) is 0 Å². The van der Waals surface area contributed by atoms with Crippen LogP contribution in [-0.4, -0.2) is 20.0 Å². The zero-order valence-electron chi connectivity index (χ0n) is 10.9. The van der Waals surface area contributed by atoms with E-state index in [9.17, 15) is 4.79 Å². The zero-order valence-corrected chi connectivity index (χ0v) is 10.9. The summed E-state index contributed by atoms with van der Waals surface area (Å²) in [5, 5.41) is 0. The third-order valence-electron chi connectivity index (χ3n) is 2.63. The standard InChI is InChI=1S/C15H20O3/c1-3-4-5-6-7-10-18-14-9-8-13(12-16)11-15(14)17-2/h3,8-9,11-12H,1,4-7,10H2,2H3. The lowest BCUT2D eigenvalue weighted by Crippen LogP contribution is -1.99. The van der Waals surface area contributed by atoms with Crippen molar-refractivity contribution in [2.24, 2.45) is 0 Å². The number of allylic oxidation sites excluding steroid dienone is 1. The van der Waals surface area contributed by atoms with Gasteiger partial charge in [-0.1, -0.05) is 6.08 Å². The maximum Gasteiger partial charge on any atom is 0.161 e. The Morgan fingerprint density at radius 3 is 2.72 bits per heavy atom. The second-order valence-corrected chi connectivity index (χ2v) is 4.01. The smallest absolute Gasteiger partial charge is 0.161 e. The Kier molecular flexibility index (Phi) is 6.62. The van der Waals surface area contributed by atoms with E-state index in [-0.39, 0.29) is 0 Å². The summed E-state index contributed by atoms with van der Waals surface area (Å²) in [5.41, 5.74) is 0.588. The van der Waals surface area contributed by atoms with Gasteiger partial charge >= 0.3 is 0 Å². The summed E-state index contributed by atoms with van der Waals surface area (Å²) in [4.78, 5) is 10.6. The van der Waals surface area contributed by atoms with Gasteiger partial charge in [-0.2, -0.15) is 0 Å². The van der Waals surface area contributed by atoms with E-state index in [1.54, 1.807) is 25.3 Å². The average Bonchev–Trinajstić information content (AvgIpc) is 2.42. The van der Waals surface area contributed by atoms with Crippen LogP contribution in [0.15, 0.2) is 30.9 Å². The van der Waals surface area contributed by atoms with Crippen LogP contribution in [0.2, 0.25) is 0 Å². The number of ether oxygens (including phenoxy) is 2. The van der Waals surface area contributed by atoms with Crippen LogP contribution in [0.5, 0.6) is 11.5 Å². The fraction of sp³-hybridized carbons (Fsp3) is 0.400. The van der Waals surface area contributed by atoms with Gasteiger partial charge < -0.3 is 9.47 Å². The number of carbonyl (C=O) groups excluding carboxylic acids is 1. The third kappa shape index (κ3) is 4.62. The Hall–Kier alpha value is -1.77. The highest BCUT2D eigenvalue weighted by Crippen LogP contribution is 2.27. The normalized spacial score (nSPS) is 9.83. The predicted molar refractivity (Wildman–Crippen MR) is 72.5 cm³/mol. The number of carbonyl (C=O) groups is 1. The second kappa shape index (κ2) is 8.34. The first-order chi connectivity index (χ1) is 8.81. The van der Waals surface area contributed by atoms with Crippen molar-refractivity contribution in [1.82, 2.24) is 0 Å². The number of rotatable bonds is 9. The summed E-state index contributed by atoms with van der Waals surface area (Å²) in [6.07, 6.45) is 7.06. The number of hydrogen-bond acceptors (Lipinski definition) is 3. The van der Waals surface area contributed by atoms with Crippen molar-refractivity contribution in [1.29, 1.82) is 0 Å². The molecule has 0 amide bonds. The molecule has 3 heteroatoms. The molecule has 0 atom stereocenters. The summed E-state index contributed by atoms with van der Waals surface area (Å²) in [7, 11) is 1.57. The maximum absolute atomic E-state index is 10.6. The van der Waals surface area contributed by atoms with E-state index in [0.717, 1.165) is 32.0 Å². The molecule has 0 saturated carbocycles. The quantitative estimate of drug-likeness (QED) is 0.380. The highest BCUT2D eigenvalue weighted by molar-refractivity contribution is 5.76. The molecule has 0 aliphatic heterocycles. The zero-order chi connectivity index (χ0) is 13.2. The minimum absolute atomic E-state index is 0.588. The Labute approximate surface area is 108 Å². The molecule has 0 spiro atoms. The molecule has 0 N–H and O–H groups in total. The Balaban J connectivity index is 2.41. The van der Waals surface area contributed by atoms with E-state index in [0.29, 0.717) is 23.7 Å². The highest BCUT2D eigenvalue weighted by atomic mass is 16.5. The summed E-state index contributed by atoms with van der Waals surface area (Å²) in [6.45, 7) is 4.35. The molecule has 0 saturated heterocycles. The number of methoxy groups -OCH3 is 1. The SMILES string of the molecule is C=CCCCCCOc1ccc(C=O)cc1OC. The van der Waals surface area contributed by atoms with E-state index in [1.165, 1.54) is 0 Å². The van der Waals surface area contributed by atoms with Gasteiger partial charge in [-0.05, 0) is 43.9 Å². The maximum atomic E-state index is 10.6. The van der Waals surface area contributed by atoms with Gasteiger partial charge in [0, 0.05) is 5.56 Å². The first-order valence-electron chi connectivity index (χ1n) is 6.18. The predicted octanol–water partition coefficient (Wildman–Crippen LogP) is 3.63. The second-order valence-electron chi connectivity index (χ2n) is 4.01. The van der Waals surface area contributed by atoms with Crippen LogP contribution < -0.4 is 9.47 Å². The van der Waals surface area contributed by atoms with Crippen molar-refractivity contribution in [3.8, 4) is 11.5 Å². The van der Waals surface area contributed by atoms with Gasteiger partial charge in [0.2, 0.25) is 0 Å². The van der Waals surface area contributed by atoms with Crippen LogP contribution in [0.1, 0.15) is 36.0 Å². The minimum atomic E-state index is 0.588. The lowest BCUT2D eigenvalue weighted by Gasteiger charge is -2.10. The molecule has 1 aromatic carbocycles. The van der Waals surface area contributed by atoms with Crippen LogP contribution in [0.4, 0.5) is 0 Å². The van der Waals surface area contributed by atoms with Crippen LogP contribution in [-0.2, 0) is 0 Å². The van der Waals surface area contributed by atoms with Gasteiger partial charge in [0.15, 0.2) is 11.5 Å². The molecular formula is C15H20O3. The fourth-order valence-electron chi connectivity index (χ4n) is 1.63. The molecule has 0 fully saturated rings. The molecule has 3 nitrogen and oxygen atoms in total. The van der Waals surface area contributed by atoms with E-state index in [2.05, 4.69) is 6.58 Å². The third-order valence-corrected chi connectivity index (χ3v) is 2.63. The van der Waals surface area contributed by atoms with Crippen molar-refractivity contribution in [3.63, 3.8) is 0 Å². The lowest BCUT2D eigenvalue weighted by molar-refractivity contribution is 0.112. The molecule has 0 aliphatic carbocycles. The number of unbranched alkanes of at least 4 members (excludes halogenated alkanes) is 3. The average molecular weight is 248 g/mol. The van der Waals surface area contributed by atoms with Gasteiger partial charge in [0.1, 0.15) is 6.29 Å². The molecule has 18 heavy (non-hydrogen) atoms. The Morgan fingerprint density at radius 2 is 2.06 bits per heavy atom. The van der Waals surface area contributed by atoms with Crippen molar-refractivity contribution in [2.45, 2.75) is 25.7 Å². The van der Waals surface area contributed by atoms with Gasteiger partial charge in [0.25, 0.3) is 0 Å². The summed E-state index contributed by atoms with van der Waals surface area (Å²) in [6, 6.07) is 5.18. The topological polar surface area (TPSA) is 35.5 Å².